The van der Waals surface area contributed by atoms with Gasteiger partial charge in [0, 0.05) is 52.0 Å². The fourth-order valence-electron chi connectivity index (χ4n) is 9.50. The van der Waals surface area contributed by atoms with Crippen molar-refractivity contribution in [2.24, 2.45) is 23.7 Å². The van der Waals surface area contributed by atoms with Crippen molar-refractivity contribution >= 4 is 29.1 Å². The Kier molecular flexibility index (Phi) is 17.7. The molecule has 1 aromatic carbocycles. The van der Waals surface area contributed by atoms with Crippen LogP contribution in [0.15, 0.2) is 30.3 Å². The van der Waals surface area contributed by atoms with Gasteiger partial charge in [-0.3, -0.25) is 9.59 Å². The number of hydrogen-bond donors (Lipinski definition) is 5. The number of ketones is 1. The predicted molar refractivity (Wildman–Crippen MR) is 231 cm³/mol. The number of esters is 1. The molecule has 2 unspecified atom stereocenters. The molecule has 16 heteroatoms. The number of nitrogens with zero attached hydrogens (tertiary/aromatic N) is 1. The number of aliphatic hydroxyl groups is 4. The van der Waals surface area contributed by atoms with Gasteiger partial charge >= 0.3 is 5.97 Å². The van der Waals surface area contributed by atoms with E-state index in [1.165, 1.54) is 21.1 Å². The Labute approximate surface area is 368 Å². The monoisotopic (exact) mass is 882 g/mol. The van der Waals surface area contributed by atoms with E-state index in [-0.39, 0.29) is 25.0 Å². The van der Waals surface area contributed by atoms with Crippen LogP contribution in [0.3, 0.4) is 0 Å². The lowest BCUT2D eigenvalue weighted by atomic mass is 9.74. The van der Waals surface area contributed by atoms with Crippen molar-refractivity contribution in [2.45, 2.75) is 186 Å². The summed E-state index contributed by atoms with van der Waals surface area (Å²) in [4.78, 5) is 30.3. The molecule has 18 atom stereocenters. The van der Waals surface area contributed by atoms with Crippen molar-refractivity contribution in [2.75, 3.05) is 21.3 Å². The van der Waals surface area contributed by atoms with E-state index in [4.69, 9.17) is 45.4 Å². The molecule has 15 nitrogen and oxygen atoms in total. The van der Waals surface area contributed by atoms with Crippen LogP contribution in [0.25, 0.3) is 0 Å². The minimum atomic E-state index is -1.99. The van der Waals surface area contributed by atoms with Crippen LogP contribution in [0, 0.1) is 23.7 Å². The minimum absolute atomic E-state index is 0.0688. The van der Waals surface area contributed by atoms with Gasteiger partial charge < -0.3 is 63.8 Å². The molecule has 3 aliphatic heterocycles. The first-order valence-corrected chi connectivity index (χ1v) is 22.1. The van der Waals surface area contributed by atoms with E-state index in [1.54, 1.807) is 48.5 Å². The number of thiocarbonyl (C=S) groups is 1. The second-order valence-electron chi connectivity index (χ2n) is 18.4. The van der Waals surface area contributed by atoms with Crippen LogP contribution in [0.1, 0.15) is 100 Å². The van der Waals surface area contributed by atoms with Crippen LogP contribution < -0.4 is 5.32 Å². The molecule has 1 aromatic rings. The Balaban J connectivity index is 1.80. The van der Waals surface area contributed by atoms with Gasteiger partial charge in [0.05, 0.1) is 53.7 Å². The summed E-state index contributed by atoms with van der Waals surface area (Å²) in [6.45, 7) is 17.5. The van der Waals surface area contributed by atoms with Gasteiger partial charge in [0.15, 0.2) is 17.7 Å². The lowest BCUT2D eigenvalue weighted by Gasteiger charge is -2.50. The molecule has 0 radical (unpaired) electrons. The summed E-state index contributed by atoms with van der Waals surface area (Å²) in [7, 11) is 4.80. The van der Waals surface area contributed by atoms with E-state index in [0.29, 0.717) is 18.1 Å². The highest BCUT2D eigenvalue weighted by Gasteiger charge is 2.54. The number of hydrogen-bond acceptors (Lipinski definition) is 14. The van der Waals surface area contributed by atoms with Gasteiger partial charge in [-0.05, 0) is 78.6 Å². The Morgan fingerprint density at radius 3 is 2.11 bits per heavy atom. The highest BCUT2D eigenvalue weighted by atomic mass is 32.1. The smallest absolute Gasteiger partial charge is 0.311 e. The average Bonchev–Trinajstić information content (AvgIpc) is 3.23. The maximum absolute atomic E-state index is 14.4. The number of likely N-dealkylation sites (N-methyl/N-ethyl adjacent to an activating group) is 1. The summed E-state index contributed by atoms with van der Waals surface area (Å²) in [5.41, 5.74) is -3.33. The van der Waals surface area contributed by atoms with Crippen molar-refractivity contribution in [3.63, 3.8) is 0 Å². The van der Waals surface area contributed by atoms with Gasteiger partial charge in [0.25, 0.3) is 0 Å². The minimum Gasteiger partial charge on any atom is -0.459 e. The zero-order valence-electron chi connectivity index (χ0n) is 38.4. The summed E-state index contributed by atoms with van der Waals surface area (Å²) in [5, 5.41) is 50.1. The van der Waals surface area contributed by atoms with E-state index in [9.17, 15) is 30.0 Å². The molecule has 3 heterocycles. The first kappa shape index (κ1) is 51.3. The zero-order chi connectivity index (χ0) is 45.8. The molecule has 3 fully saturated rings. The molecular weight excluding hydrogens is 809 g/mol. The number of Topliss-reactive ketones (excluding diaryl/α,β-unsaturated/α-hetero) is 1. The first-order chi connectivity index (χ1) is 28.5. The largest absolute Gasteiger partial charge is 0.459 e. The number of carbonyl (C=O) groups excluding carboxylic acids is 2. The second-order valence-corrected chi connectivity index (χ2v) is 18.8. The number of benzene rings is 1. The van der Waals surface area contributed by atoms with E-state index < -0.39 is 114 Å². The number of aliphatic hydroxyl groups excluding tert-OH is 3. The van der Waals surface area contributed by atoms with Gasteiger partial charge in [-0.25, -0.2) is 0 Å². The van der Waals surface area contributed by atoms with Gasteiger partial charge in [-0.15, -0.1) is 0 Å². The molecular formula is C45H74N2O13S. The number of rotatable bonds is 10. The summed E-state index contributed by atoms with van der Waals surface area (Å²) in [6.07, 6.45) is -9.67. The standard InChI is InChI=1S/C45H74N2O13S/c1-14-32-45(10,53)37(50)26(4)34(48)24(2)21-44(9,55-13)39(27(5)36(28(6)40(52)58-32)59-33-22-43(8,54-12)38(51)29(7)57-33)60-41-35(49)31(20-25(3)56-41)47(11)42(61)46-23-30-18-16-15-17-19-30/h15-19,24-29,31-33,35-39,41,49-51,53H,14,20-23H2,1-13H3,(H,46,61)/t24-,25-,26+,27-,28-,29+,31+,32?,33+,35-,36?,37-,38+,39-,41+,43-,44-,45-/m1/s1. The van der Waals surface area contributed by atoms with Crippen molar-refractivity contribution < 1.29 is 63.2 Å². The molecule has 348 valence electrons. The van der Waals surface area contributed by atoms with E-state index in [0.717, 1.165) is 5.56 Å². The number of ether oxygens (including phenoxy) is 7. The molecule has 0 aliphatic carbocycles. The normalized spacial score (nSPS) is 43.2. The maximum atomic E-state index is 14.4. The Bertz CT molecular complexity index is 1610. The third-order valence-corrected chi connectivity index (χ3v) is 14.1. The molecule has 4 rings (SSSR count). The fourth-order valence-corrected chi connectivity index (χ4v) is 9.71. The first-order valence-electron chi connectivity index (χ1n) is 21.7. The summed E-state index contributed by atoms with van der Waals surface area (Å²) in [6, 6.07) is 9.29. The lowest BCUT2D eigenvalue weighted by Crippen LogP contribution is -2.62. The van der Waals surface area contributed by atoms with Crippen LogP contribution >= 0.6 is 12.2 Å². The van der Waals surface area contributed by atoms with E-state index >= 15 is 0 Å². The van der Waals surface area contributed by atoms with Crippen LogP contribution in [-0.2, 0) is 49.3 Å². The number of methoxy groups -OCH3 is 2. The molecule has 0 spiro atoms. The Hall–Kier alpha value is -2.35. The molecule has 3 aliphatic rings. The van der Waals surface area contributed by atoms with Gasteiger partial charge in [0.2, 0.25) is 0 Å². The predicted octanol–water partition coefficient (Wildman–Crippen LogP) is 3.88. The second kappa shape index (κ2) is 21.1. The summed E-state index contributed by atoms with van der Waals surface area (Å²) < 4.78 is 44.5. The van der Waals surface area contributed by atoms with Crippen molar-refractivity contribution in [1.82, 2.24) is 10.2 Å². The third kappa shape index (κ3) is 11.5. The SMILES string of the molecule is CCC1OC(=O)[C@H](C)C(O[C@H]2C[C@@](C)(OC)[C@@H](O)[C@H](C)O2)[C@@H](C)[C@@H](O[C@@H]2O[C@H](C)C[C@H](N(C)C(=S)NCc3ccccc3)[C@H]2O)[C@](C)(OC)C[C@@H](C)C(=O)[C@H](C)[C@@H](O)[C@]1(C)O. The molecule has 0 bridgehead atoms. The number of nitrogens with one attached hydrogen (secondary N) is 1. The molecule has 5 N–H and O–H groups in total. The van der Waals surface area contributed by atoms with Gasteiger partial charge in [0.1, 0.15) is 29.7 Å². The number of carbonyl (C=O) groups is 2. The molecule has 61 heavy (non-hydrogen) atoms. The van der Waals surface area contributed by atoms with Crippen molar-refractivity contribution in [3.8, 4) is 0 Å². The highest BCUT2D eigenvalue weighted by Crippen LogP contribution is 2.42. The topological polar surface area (TPSA) is 195 Å². The maximum Gasteiger partial charge on any atom is 0.311 e. The van der Waals surface area contributed by atoms with Crippen LogP contribution in [0.5, 0.6) is 0 Å². The summed E-state index contributed by atoms with van der Waals surface area (Å²) >= 11 is 5.80. The fraction of sp³-hybridized carbons (Fsp3) is 0.800. The Morgan fingerprint density at radius 1 is 0.902 bits per heavy atom. The van der Waals surface area contributed by atoms with Crippen LogP contribution in [0.4, 0.5) is 0 Å². The van der Waals surface area contributed by atoms with Gasteiger partial charge in [-0.2, -0.15) is 0 Å². The van der Waals surface area contributed by atoms with Crippen molar-refractivity contribution in [1.29, 1.82) is 0 Å². The van der Waals surface area contributed by atoms with Gasteiger partial charge in [-0.1, -0.05) is 58.0 Å². The zero-order valence-corrected chi connectivity index (χ0v) is 39.2. The molecule has 3 saturated heterocycles. The molecule has 0 saturated carbocycles. The average molecular weight is 883 g/mol. The highest BCUT2D eigenvalue weighted by molar-refractivity contribution is 7.80. The number of cyclic esters (lactones) is 1. The van der Waals surface area contributed by atoms with E-state index in [2.05, 4.69) is 5.32 Å². The lowest BCUT2D eigenvalue weighted by molar-refractivity contribution is -0.318. The Morgan fingerprint density at radius 2 is 1.52 bits per heavy atom. The van der Waals surface area contributed by atoms with Crippen molar-refractivity contribution in [3.05, 3.63) is 35.9 Å². The van der Waals surface area contributed by atoms with Crippen LogP contribution in [-0.4, -0.2) is 148 Å². The summed E-state index contributed by atoms with van der Waals surface area (Å²) in [5.74, 6) is -4.70. The van der Waals surface area contributed by atoms with Crippen LogP contribution in [0.2, 0.25) is 0 Å². The third-order valence-electron chi connectivity index (χ3n) is 13.7. The molecule has 0 aromatic heterocycles. The molecule has 0 amide bonds. The quantitative estimate of drug-likeness (QED) is 0.168. The van der Waals surface area contributed by atoms with E-state index in [1.807, 2.05) is 56.1 Å².